The van der Waals surface area contributed by atoms with Gasteiger partial charge in [-0.2, -0.15) is 0 Å². The van der Waals surface area contributed by atoms with Crippen LogP contribution in [0.15, 0.2) is 24.3 Å². The summed E-state index contributed by atoms with van der Waals surface area (Å²) in [7, 11) is 0. The molecule has 0 bridgehead atoms. The number of nitrogens with zero attached hydrogens (tertiary/aromatic N) is 1. The maximum Gasteiger partial charge on any atom is 0.229 e. The van der Waals surface area contributed by atoms with E-state index >= 15 is 0 Å². The zero-order valence-corrected chi connectivity index (χ0v) is 14.7. The van der Waals surface area contributed by atoms with Gasteiger partial charge in [0, 0.05) is 28.3 Å². The van der Waals surface area contributed by atoms with Crippen LogP contribution in [0.2, 0.25) is 0 Å². The fourth-order valence-corrected chi connectivity index (χ4v) is 3.79. The van der Waals surface area contributed by atoms with E-state index in [1.807, 2.05) is 29.2 Å². The summed E-state index contributed by atoms with van der Waals surface area (Å²) >= 11 is 2.23. The van der Waals surface area contributed by atoms with Crippen molar-refractivity contribution in [1.82, 2.24) is 4.90 Å². The molecular formula is C17H21IN2O2. The topological polar surface area (TPSA) is 49.4 Å². The van der Waals surface area contributed by atoms with Gasteiger partial charge in [0.2, 0.25) is 11.8 Å². The van der Waals surface area contributed by atoms with Crippen molar-refractivity contribution in [3.8, 4) is 0 Å². The predicted octanol–water partition coefficient (Wildman–Crippen LogP) is 3.41. The quantitative estimate of drug-likeness (QED) is 0.774. The zero-order valence-electron chi connectivity index (χ0n) is 12.6. The lowest BCUT2D eigenvalue weighted by Gasteiger charge is -2.31. The van der Waals surface area contributed by atoms with E-state index in [1.54, 1.807) is 0 Å². The standard InChI is InChI=1S/C17H21IN2O2/c18-13-6-8-14(9-7-13)19-17(22)12-10-16(21)20(11-12)15-4-2-1-3-5-15/h6-9,12,15H,1-5,10-11H2,(H,19,22)/t12-/m1/s1. The first-order valence-electron chi connectivity index (χ1n) is 7.99. The van der Waals surface area contributed by atoms with Crippen molar-refractivity contribution in [3.63, 3.8) is 0 Å². The summed E-state index contributed by atoms with van der Waals surface area (Å²) in [4.78, 5) is 26.6. The van der Waals surface area contributed by atoms with Gasteiger partial charge in [0.25, 0.3) is 0 Å². The van der Waals surface area contributed by atoms with E-state index in [4.69, 9.17) is 0 Å². The number of amides is 2. The first kappa shape index (κ1) is 15.8. The second-order valence-corrected chi connectivity index (χ2v) is 7.48. The highest BCUT2D eigenvalue weighted by Gasteiger charge is 2.38. The lowest BCUT2D eigenvalue weighted by molar-refractivity contribution is -0.130. The van der Waals surface area contributed by atoms with E-state index in [1.165, 1.54) is 19.3 Å². The van der Waals surface area contributed by atoms with Crippen LogP contribution in [0.3, 0.4) is 0 Å². The number of hydrogen-bond acceptors (Lipinski definition) is 2. The lowest BCUT2D eigenvalue weighted by atomic mass is 9.94. The molecule has 1 heterocycles. The number of carbonyl (C=O) groups excluding carboxylic acids is 2. The molecule has 0 unspecified atom stereocenters. The number of nitrogens with one attached hydrogen (secondary N) is 1. The molecule has 4 nitrogen and oxygen atoms in total. The van der Waals surface area contributed by atoms with E-state index in [2.05, 4.69) is 27.9 Å². The van der Waals surface area contributed by atoms with E-state index < -0.39 is 0 Å². The minimum Gasteiger partial charge on any atom is -0.339 e. The van der Waals surface area contributed by atoms with Crippen LogP contribution in [0.25, 0.3) is 0 Å². The number of carbonyl (C=O) groups is 2. The van der Waals surface area contributed by atoms with Gasteiger partial charge in [-0.3, -0.25) is 9.59 Å². The van der Waals surface area contributed by atoms with Crippen molar-refractivity contribution in [1.29, 1.82) is 0 Å². The summed E-state index contributed by atoms with van der Waals surface area (Å²) in [5, 5.41) is 2.93. The molecule has 0 spiro atoms. The van der Waals surface area contributed by atoms with Crippen molar-refractivity contribution in [2.45, 2.75) is 44.6 Å². The molecular weight excluding hydrogens is 391 g/mol. The van der Waals surface area contributed by atoms with Gasteiger partial charge in [0.15, 0.2) is 0 Å². The molecule has 0 aromatic heterocycles. The maximum absolute atomic E-state index is 12.4. The van der Waals surface area contributed by atoms with Gasteiger partial charge in [-0.25, -0.2) is 0 Å². The minimum absolute atomic E-state index is 0.0344. The fourth-order valence-electron chi connectivity index (χ4n) is 3.43. The maximum atomic E-state index is 12.4. The average Bonchev–Trinajstić information content (AvgIpc) is 2.92. The van der Waals surface area contributed by atoms with Gasteiger partial charge in [0.1, 0.15) is 0 Å². The normalized spacial score (nSPS) is 22.9. The highest BCUT2D eigenvalue weighted by Crippen LogP contribution is 2.29. The van der Waals surface area contributed by atoms with Crippen LogP contribution >= 0.6 is 22.6 Å². The monoisotopic (exact) mass is 412 g/mol. The first-order chi connectivity index (χ1) is 10.6. The van der Waals surface area contributed by atoms with Crippen molar-refractivity contribution in [2.75, 3.05) is 11.9 Å². The summed E-state index contributed by atoms with van der Waals surface area (Å²) in [6, 6.07) is 8.08. The van der Waals surface area contributed by atoms with Crippen LogP contribution in [-0.4, -0.2) is 29.3 Å². The van der Waals surface area contributed by atoms with Gasteiger partial charge in [-0.15, -0.1) is 0 Å². The Morgan fingerprint density at radius 3 is 2.50 bits per heavy atom. The van der Waals surface area contributed by atoms with Gasteiger partial charge in [-0.05, 0) is 59.7 Å². The Morgan fingerprint density at radius 2 is 1.82 bits per heavy atom. The molecule has 3 rings (SSSR count). The first-order valence-corrected chi connectivity index (χ1v) is 9.07. The van der Waals surface area contributed by atoms with Crippen molar-refractivity contribution < 1.29 is 9.59 Å². The van der Waals surface area contributed by atoms with Crippen molar-refractivity contribution >= 4 is 40.1 Å². The summed E-state index contributed by atoms with van der Waals surface area (Å²) in [5.41, 5.74) is 0.800. The molecule has 1 aromatic rings. The lowest BCUT2D eigenvalue weighted by Crippen LogP contribution is -2.38. The third-order valence-corrected chi connectivity index (χ3v) is 5.38. The Hall–Kier alpha value is -1.11. The van der Waals surface area contributed by atoms with Crippen molar-refractivity contribution in [3.05, 3.63) is 27.8 Å². The molecule has 118 valence electrons. The minimum atomic E-state index is -0.214. The predicted molar refractivity (Wildman–Crippen MR) is 94.5 cm³/mol. The van der Waals surface area contributed by atoms with Gasteiger partial charge >= 0.3 is 0 Å². The molecule has 1 atom stereocenters. The number of benzene rings is 1. The largest absolute Gasteiger partial charge is 0.339 e. The molecule has 5 heteroatoms. The van der Waals surface area contributed by atoms with E-state index in [0.717, 1.165) is 22.1 Å². The molecule has 2 fully saturated rings. The summed E-state index contributed by atoms with van der Waals surface area (Å²) in [6.45, 7) is 0.583. The Labute approximate surface area is 144 Å². The number of rotatable bonds is 3. The van der Waals surface area contributed by atoms with E-state index in [9.17, 15) is 9.59 Å². The Morgan fingerprint density at radius 1 is 1.14 bits per heavy atom. The Balaban J connectivity index is 1.59. The second-order valence-electron chi connectivity index (χ2n) is 6.24. The Bertz CT molecular complexity index is 552. The zero-order chi connectivity index (χ0) is 15.5. The highest BCUT2D eigenvalue weighted by molar-refractivity contribution is 14.1. The van der Waals surface area contributed by atoms with Crippen LogP contribution in [0, 0.1) is 9.49 Å². The molecule has 0 radical (unpaired) electrons. The van der Waals surface area contributed by atoms with Crippen LogP contribution < -0.4 is 5.32 Å². The molecule has 1 aliphatic carbocycles. The van der Waals surface area contributed by atoms with Crippen LogP contribution in [0.1, 0.15) is 38.5 Å². The van der Waals surface area contributed by atoms with Gasteiger partial charge in [-0.1, -0.05) is 19.3 Å². The average molecular weight is 412 g/mol. The third kappa shape index (κ3) is 3.62. The summed E-state index contributed by atoms with van der Waals surface area (Å²) < 4.78 is 1.13. The SMILES string of the molecule is O=C(Nc1ccc(I)cc1)[C@@H]1CC(=O)N(C2CCCCC2)C1. The molecule has 2 amide bonds. The molecule has 22 heavy (non-hydrogen) atoms. The fraction of sp³-hybridized carbons (Fsp3) is 0.529. The Kier molecular flexibility index (Phi) is 5.00. The molecule has 1 saturated heterocycles. The van der Waals surface area contributed by atoms with Gasteiger partial charge in [0.05, 0.1) is 5.92 Å². The van der Waals surface area contributed by atoms with Crippen LogP contribution in [-0.2, 0) is 9.59 Å². The number of anilines is 1. The highest BCUT2D eigenvalue weighted by atomic mass is 127. The van der Waals surface area contributed by atoms with E-state index in [-0.39, 0.29) is 17.7 Å². The second kappa shape index (κ2) is 6.98. The van der Waals surface area contributed by atoms with E-state index in [0.29, 0.717) is 19.0 Å². The third-order valence-electron chi connectivity index (χ3n) is 4.66. The molecule has 1 aromatic carbocycles. The molecule has 1 aliphatic heterocycles. The molecule has 2 aliphatic rings. The summed E-state index contributed by atoms with van der Waals surface area (Å²) in [5.74, 6) is -0.101. The van der Waals surface area contributed by atoms with Crippen molar-refractivity contribution in [2.24, 2.45) is 5.92 Å². The smallest absolute Gasteiger partial charge is 0.229 e. The molecule has 1 N–H and O–H groups in total. The number of likely N-dealkylation sites (tertiary alicyclic amines) is 1. The van der Waals surface area contributed by atoms with Crippen LogP contribution in [0.4, 0.5) is 5.69 Å². The molecule has 1 saturated carbocycles. The van der Waals surface area contributed by atoms with Crippen LogP contribution in [0.5, 0.6) is 0 Å². The number of halogens is 1. The van der Waals surface area contributed by atoms with Gasteiger partial charge < -0.3 is 10.2 Å². The summed E-state index contributed by atoms with van der Waals surface area (Å²) in [6.07, 6.45) is 6.22. The number of hydrogen-bond donors (Lipinski definition) is 1.